The van der Waals surface area contributed by atoms with Gasteiger partial charge in [0.2, 0.25) is 0 Å². The van der Waals surface area contributed by atoms with Gasteiger partial charge < -0.3 is 14.8 Å². The molecule has 2 atom stereocenters. The predicted octanol–water partition coefficient (Wildman–Crippen LogP) is 1.61. The first-order chi connectivity index (χ1) is 8.22. The molecule has 0 aromatic heterocycles. The third kappa shape index (κ3) is 2.70. The fraction of sp³-hybridized carbons (Fsp3) is 0.833. The number of nitrogens with one attached hydrogen (secondary N) is 1. The molecule has 2 rings (SSSR count). The summed E-state index contributed by atoms with van der Waals surface area (Å²) in [6.07, 6.45) is 4.72. The second kappa shape index (κ2) is 5.38. The van der Waals surface area contributed by atoms with E-state index in [1.165, 1.54) is 6.42 Å². The van der Waals surface area contributed by atoms with Gasteiger partial charge in [0.05, 0.1) is 6.61 Å². The molecule has 5 heteroatoms. The van der Waals surface area contributed by atoms with E-state index in [0.29, 0.717) is 6.61 Å². The quantitative estimate of drug-likeness (QED) is 0.762. The average molecular weight is 241 g/mol. The molecule has 1 N–H and O–H groups in total. The molecule has 1 aliphatic carbocycles. The molecule has 0 radical (unpaired) electrons. The van der Waals surface area contributed by atoms with E-state index in [2.05, 4.69) is 5.32 Å². The van der Waals surface area contributed by atoms with Crippen LogP contribution in [-0.2, 0) is 14.3 Å². The smallest absolute Gasteiger partial charge is 0.408 e. The van der Waals surface area contributed by atoms with Crippen LogP contribution in [0.1, 0.15) is 39.0 Å². The summed E-state index contributed by atoms with van der Waals surface area (Å²) in [6.45, 7) is 2.08. The third-order valence-corrected chi connectivity index (χ3v) is 3.50. The lowest BCUT2D eigenvalue weighted by atomic mass is 9.83. The Kier molecular flexibility index (Phi) is 3.86. The van der Waals surface area contributed by atoms with Crippen molar-refractivity contribution in [2.45, 2.75) is 51.2 Å². The van der Waals surface area contributed by atoms with Gasteiger partial charge in [-0.2, -0.15) is 0 Å². The number of hydrogen-bond acceptors (Lipinski definition) is 4. The van der Waals surface area contributed by atoms with Crippen molar-refractivity contribution in [3.8, 4) is 0 Å². The Morgan fingerprint density at radius 3 is 2.76 bits per heavy atom. The van der Waals surface area contributed by atoms with Crippen molar-refractivity contribution in [3.63, 3.8) is 0 Å². The molecule has 0 aromatic rings. The summed E-state index contributed by atoms with van der Waals surface area (Å²) in [7, 11) is 0. The Morgan fingerprint density at radius 1 is 1.41 bits per heavy atom. The van der Waals surface area contributed by atoms with Crippen molar-refractivity contribution in [3.05, 3.63) is 0 Å². The summed E-state index contributed by atoms with van der Waals surface area (Å²) < 4.78 is 10.2. The maximum Gasteiger partial charge on any atom is 0.408 e. The number of carbonyl (C=O) groups is 2. The molecular weight excluding hydrogens is 222 g/mol. The number of alkyl carbamates (subject to hydrolysis) is 1. The van der Waals surface area contributed by atoms with Crippen molar-refractivity contribution in [2.75, 3.05) is 6.61 Å². The number of rotatable bonds is 3. The molecule has 0 aromatic carbocycles. The molecule has 1 heterocycles. The van der Waals surface area contributed by atoms with Crippen LogP contribution in [0.15, 0.2) is 0 Å². The van der Waals surface area contributed by atoms with Gasteiger partial charge in [-0.05, 0) is 25.7 Å². The first-order valence-electron chi connectivity index (χ1n) is 6.36. The van der Waals surface area contributed by atoms with Crippen molar-refractivity contribution in [1.82, 2.24) is 5.32 Å². The number of hydrogen-bond donors (Lipinski definition) is 1. The molecule has 0 bridgehead atoms. The van der Waals surface area contributed by atoms with Gasteiger partial charge in [-0.25, -0.2) is 9.59 Å². The number of carbonyl (C=O) groups excluding carboxylic acids is 2. The predicted molar refractivity (Wildman–Crippen MR) is 60.4 cm³/mol. The number of cyclic esters (lactones) is 1. The van der Waals surface area contributed by atoms with Crippen LogP contribution in [0.2, 0.25) is 0 Å². The van der Waals surface area contributed by atoms with Gasteiger partial charge in [0.25, 0.3) is 0 Å². The second-order valence-electron chi connectivity index (χ2n) is 4.64. The zero-order chi connectivity index (χ0) is 12.3. The molecule has 17 heavy (non-hydrogen) atoms. The van der Waals surface area contributed by atoms with Crippen LogP contribution in [0.4, 0.5) is 4.79 Å². The lowest BCUT2D eigenvalue weighted by molar-refractivity contribution is -0.147. The first kappa shape index (κ1) is 12.2. The molecule has 2 aliphatic rings. The minimum Gasteiger partial charge on any atom is -0.464 e. The van der Waals surface area contributed by atoms with E-state index in [-0.39, 0.29) is 18.0 Å². The molecule has 5 nitrogen and oxygen atoms in total. The molecule has 2 fully saturated rings. The van der Waals surface area contributed by atoms with Gasteiger partial charge in [0.15, 0.2) is 6.04 Å². The molecule has 1 amide bonds. The van der Waals surface area contributed by atoms with Crippen molar-refractivity contribution < 1.29 is 19.1 Å². The van der Waals surface area contributed by atoms with Crippen LogP contribution in [0.5, 0.6) is 0 Å². The maximum absolute atomic E-state index is 11.7. The standard InChI is InChI=1S/C12H19NO4/c1-2-16-11(14)9-10(17-12(15)13-9)8-6-4-3-5-7-8/h8-10H,2-7H2,1H3,(H,13,15). The highest BCUT2D eigenvalue weighted by molar-refractivity contribution is 5.85. The van der Waals surface area contributed by atoms with Gasteiger partial charge in [-0.1, -0.05) is 19.3 Å². The first-order valence-corrected chi connectivity index (χ1v) is 6.36. The molecule has 1 aliphatic heterocycles. The Morgan fingerprint density at radius 2 is 2.12 bits per heavy atom. The van der Waals surface area contributed by atoms with Crippen LogP contribution in [0.25, 0.3) is 0 Å². The highest BCUT2D eigenvalue weighted by atomic mass is 16.6. The maximum atomic E-state index is 11.7. The monoisotopic (exact) mass is 241 g/mol. The largest absolute Gasteiger partial charge is 0.464 e. The highest BCUT2D eigenvalue weighted by Crippen LogP contribution is 2.31. The van der Waals surface area contributed by atoms with Gasteiger partial charge >= 0.3 is 12.1 Å². The fourth-order valence-corrected chi connectivity index (χ4v) is 2.69. The van der Waals surface area contributed by atoms with Gasteiger partial charge in [0.1, 0.15) is 6.10 Å². The van der Waals surface area contributed by atoms with E-state index in [1.54, 1.807) is 6.92 Å². The van der Waals surface area contributed by atoms with Gasteiger partial charge in [-0.3, -0.25) is 0 Å². The lowest BCUT2D eigenvalue weighted by Gasteiger charge is -2.28. The summed E-state index contributed by atoms with van der Waals surface area (Å²) in [6, 6.07) is -0.620. The number of esters is 1. The molecule has 0 spiro atoms. The van der Waals surface area contributed by atoms with Crippen LogP contribution in [-0.4, -0.2) is 30.8 Å². The SMILES string of the molecule is CCOC(=O)C1NC(=O)OC1C1CCCCC1. The summed E-state index contributed by atoms with van der Waals surface area (Å²) in [5.41, 5.74) is 0. The Labute approximate surface area is 101 Å². The average Bonchev–Trinajstić information content (AvgIpc) is 2.73. The zero-order valence-electron chi connectivity index (χ0n) is 10.1. The minimum absolute atomic E-state index is 0.289. The normalized spacial score (nSPS) is 29.6. The van der Waals surface area contributed by atoms with E-state index < -0.39 is 12.1 Å². The molecule has 1 saturated carbocycles. The fourth-order valence-electron chi connectivity index (χ4n) is 2.69. The van der Waals surface area contributed by atoms with E-state index in [9.17, 15) is 9.59 Å². The summed E-state index contributed by atoms with van der Waals surface area (Å²) in [5.74, 6) is -0.0916. The second-order valence-corrected chi connectivity index (χ2v) is 4.64. The summed E-state index contributed by atoms with van der Waals surface area (Å²) >= 11 is 0. The van der Waals surface area contributed by atoms with Crippen LogP contribution in [0, 0.1) is 5.92 Å². The van der Waals surface area contributed by atoms with Gasteiger partial charge in [0, 0.05) is 0 Å². The van der Waals surface area contributed by atoms with E-state index in [0.717, 1.165) is 25.7 Å². The Balaban J connectivity index is 2.02. The summed E-state index contributed by atoms with van der Waals surface area (Å²) in [4.78, 5) is 23.0. The number of ether oxygens (including phenoxy) is 2. The van der Waals surface area contributed by atoms with Gasteiger partial charge in [-0.15, -0.1) is 0 Å². The van der Waals surface area contributed by atoms with Crippen LogP contribution < -0.4 is 5.32 Å². The minimum atomic E-state index is -0.620. The Hall–Kier alpha value is -1.26. The number of amides is 1. The van der Waals surface area contributed by atoms with E-state index >= 15 is 0 Å². The Bertz CT molecular complexity index is 299. The van der Waals surface area contributed by atoms with Crippen LogP contribution >= 0.6 is 0 Å². The van der Waals surface area contributed by atoms with Crippen LogP contribution in [0.3, 0.4) is 0 Å². The summed E-state index contributed by atoms with van der Waals surface area (Å²) in [5, 5.41) is 2.55. The van der Waals surface area contributed by atoms with Crippen molar-refractivity contribution in [2.24, 2.45) is 5.92 Å². The molecular formula is C12H19NO4. The molecule has 96 valence electrons. The highest BCUT2D eigenvalue weighted by Gasteiger charge is 2.44. The zero-order valence-corrected chi connectivity index (χ0v) is 10.1. The lowest BCUT2D eigenvalue weighted by Crippen LogP contribution is -2.44. The van der Waals surface area contributed by atoms with Crippen molar-refractivity contribution >= 4 is 12.1 Å². The van der Waals surface area contributed by atoms with Crippen molar-refractivity contribution in [1.29, 1.82) is 0 Å². The molecule has 1 saturated heterocycles. The topological polar surface area (TPSA) is 64.6 Å². The third-order valence-electron chi connectivity index (χ3n) is 3.50. The van der Waals surface area contributed by atoms with E-state index in [1.807, 2.05) is 0 Å². The van der Waals surface area contributed by atoms with E-state index in [4.69, 9.17) is 9.47 Å². The molecule has 2 unspecified atom stereocenters.